The van der Waals surface area contributed by atoms with E-state index in [1.54, 1.807) is 0 Å². The maximum atomic E-state index is 13.0. The highest BCUT2D eigenvalue weighted by atomic mass is 16.6. The van der Waals surface area contributed by atoms with E-state index >= 15 is 0 Å². The van der Waals surface area contributed by atoms with E-state index in [1.807, 2.05) is 72.5 Å². The minimum absolute atomic E-state index is 0.0215. The monoisotopic (exact) mass is 348 g/mol. The fourth-order valence-corrected chi connectivity index (χ4v) is 3.99. The number of amides is 1. The molecule has 0 saturated carbocycles. The van der Waals surface area contributed by atoms with Gasteiger partial charge in [0.05, 0.1) is 12.1 Å². The summed E-state index contributed by atoms with van der Waals surface area (Å²) in [5, 5.41) is 3.84. The Hall–Kier alpha value is -2.82. The van der Waals surface area contributed by atoms with E-state index in [4.69, 9.17) is 10.3 Å². The van der Waals surface area contributed by atoms with Crippen LogP contribution in [-0.4, -0.2) is 28.6 Å². The molecule has 2 saturated heterocycles. The standard InChI is InChI=1S/C20H20N4O2/c1-2-16(22-23-21)18-20(26-18)17(15-11-7-4-8-12-15)24(19(20)25)13-14-9-5-3-6-10-14/h3-12,16-18H,2,13H2,1H3/t16-,17-,18-,20+/m0/s1. The topological polar surface area (TPSA) is 81.6 Å². The Bertz CT molecular complexity index is 851. The van der Waals surface area contributed by atoms with E-state index in [9.17, 15) is 4.79 Å². The van der Waals surface area contributed by atoms with Gasteiger partial charge in [0.15, 0.2) is 5.60 Å². The number of hydrogen-bond donors (Lipinski definition) is 0. The van der Waals surface area contributed by atoms with Crippen molar-refractivity contribution in [1.29, 1.82) is 0 Å². The first-order valence-corrected chi connectivity index (χ1v) is 8.84. The lowest BCUT2D eigenvalue weighted by Gasteiger charge is -2.47. The van der Waals surface area contributed by atoms with Crippen molar-refractivity contribution in [3.8, 4) is 0 Å². The average Bonchev–Trinajstić information content (AvgIpc) is 3.45. The van der Waals surface area contributed by atoms with E-state index in [1.165, 1.54) is 0 Å². The number of rotatable bonds is 6. The number of hydrogen-bond acceptors (Lipinski definition) is 3. The second-order valence-electron chi connectivity index (χ2n) is 6.74. The van der Waals surface area contributed by atoms with E-state index in [0.29, 0.717) is 13.0 Å². The predicted octanol–water partition coefficient (Wildman–Crippen LogP) is 4.00. The normalized spacial score (nSPS) is 27.6. The van der Waals surface area contributed by atoms with Crippen LogP contribution in [0.15, 0.2) is 65.8 Å². The zero-order valence-electron chi connectivity index (χ0n) is 14.5. The van der Waals surface area contributed by atoms with Gasteiger partial charge in [-0.2, -0.15) is 0 Å². The number of benzene rings is 2. The van der Waals surface area contributed by atoms with Gasteiger partial charge in [-0.1, -0.05) is 72.7 Å². The minimum atomic E-state index is -0.884. The molecule has 2 heterocycles. The van der Waals surface area contributed by atoms with Crippen molar-refractivity contribution in [3.05, 3.63) is 82.2 Å². The van der Waals surface area contributed by atoms with E-state index in [2.05, 4.69) is 10.0 Å². The van der Waals surface area contributed by atoms with Gasteiger partial charge < -0.3 is 9.64 Å². The Kier molecular flexibility index (Phi) is 4.15. The maximum Gasteiger partial charge on any atom is 0.261 e. The molecule has 0 aliphatic carbocycles. The van der Waals surface area contributed by atoms with E-state index in [0.717, 1.165) is 11.1 Å². The summed E-state index contributed by atoms with van der Waals surface area (Å²) < 4.78 is 5.94. The highest BCUT2D eigenvalue weighted by molar-refractivity contribution is 5.97. The van der Waals surface area contributed by atoms with Crippen molar-refractivity contribution >= 4 is 5.91 Å². The highest BCUT2D eigenvalue weighted by Gasteiger charge is 2.78. The second kappa shape index (κ2) is 6.48. The van der Waals surface area contributed by atoms with Crippen molar-refractivity contribution in [2.45, 2.75) is 43.7 Å². The third-order valence-corrected chi connectivity index (χ3v) is 5.28. The molecule has 2 aliphatic rings. The molecule has 2 aliphatic heterocycles. The minimum Gasteiger partial charge on any atom is -0.353 e. The van der Waals surface area contributed by atoms with Gasteiger partial charge in [0.25, 0.3) is 5.91 Å². The van der Waals surface area contributed by atoms with Crippen LogP contribution >= 0.6 is 0 Å². The molecule has 1 amide bonds. The molecule has 0 unspecified atom stereocenters. The third kappa shape index (κ3) is 2.46. The van der Waals surface area contributed by atoms with Crippen LogP contribution < -0.4 is 0 Å². The number of nitrogens with zero attached hydrogens (tertiary/aromatic N) is 4. The number of carbonyl (C=O) groups excluding carboxylic acids is 1. The molecule has 0 radical (unpaired) electrons. The molecule has 2 aromatic rings. The van der Waals surface area contributed by atoms with Crippen LogP contribution in [-0.2, 0) is 16.1 Å². The molecule has 4 rings (SSSR count). The molecule has 2 fully saturated rings. The average molecular weight is 348 g/mol. The molecule has 0 aromatic heterocycles. The first-order chi connectivity index (χ1) is 12.7. The van der Waals surface area contributed by atoms with Crippen LogP contribution in [0.2, 0.25) is 0 Å². The number of epoxide rings is 1. The third-order valence-electron chi connectivity index (χ3n) is 5.28. The lowest BCUT2D eigenvalue weighted by Crippen LogP contribution is -2.63. The van der Waals surface area contributed by atoms with Crippen LogP contribution in [0.5, 0.6) is 0 Å². The molecule has 6 heteroatoms. The summed E-state index contributed by atoms with van der Waals surface area (Å²) in [5.41, 5.74) is 10.0. The molecule has 26 heavy (non-hydrogen) atoms. The number of azide groups is 1. The summed E-state index contributed by atoms with van der Waals surface area (Å²) >= 11 is 0. The summed E-state index contributed by atoms with van der Waals surface area (Å²) in [6.07, 6.45) is 0.289. The quantitative estimate of drug-likeness (QED) is 0.260. The summed E-state index contributed by atoms with van der Waals surface area (Å²) in [6, 6.07) is 19.4. The first kappa shape index (κ1) is 16.6. The van der Waals surface area contributed by atoms with Gasteiger partial charge in [-0.05, 0) is 23.1 Å². The lowest BCUT2D eigenvalue weighted by molar-refractivity contribution is -0.161. The molecule has 4 atom stereocenters. The van der Waals surface area contributed by atoms with Crippen molar-refractivity contribution in [2.24, 2.45) is 5.11 Å². The summed E-state index contributed by atoms with van der Waals surface area (Å²) in [5.74, 6) is -0.0215. The Balaban J connectivity index is 1.65. The zero-order valence-corrected chi connectivity index (χ0v) is 14.5. The van der Waals surface area contributed by atoms with Crippen LogP contribution in [0.4, 0.5) is 0 Å². The van der Waals surface area contributed by atoms with Crippen LogP contribution in [0.3, 0.4) is 0 Å². The molecule has 1 spiro atoms. The summed E-state index contributed by atoms with van der Waals surface area (Å²) in [6.45, 7) is 2.48. The molecule has 6 nitrogen and oxygen atoms in total. The van der Waals surface area contributed by atoms with Gasteiger partial charge in [-0.15, -0.1) is 0 Å². The number of ether oxygens (including phenoxy) is 1. The number of β-lactam (4-membered cyclic amide) rings is 1. The molecular formula is C20H20N4O2. The maximum absolute atomic E-state index is 13.0. The largest absolute Gasteiger partial charge is 0.353 e. The number of likely N-dealkylation sites (tertiary alicyclic amines) is 1. The fourth-order valence-electron chi connectivity index (χ4n) is 3.99. The molecule has 0 N–H and O–H groups in total. The van der Waals surface area contributed by atoms with Gasteiger partial charge in [0, 0.05) is 11.5 Å². The van der Waals surface area contributed by atoms with Gasteiger partial charge in [-0.3, -0.25) is 4.79 Å². The molecular weight excluding hydrogens is 328 g/mol. The van der Waals surface area contributed by atoms with Crippen molar-refractivity contribution in [3.63, 3.8) is 0 Å². The van der Waals surface area contributed by atoms with Crippen molar-refractivity contribution < 1.29 is 9.53 Å². The Labute approximate surface area is 152 Å². The van der Waals surface area contributed by atoms with E-state index in [-0.39, 0.29) is 24.1 Å². The summed E-state index contributed by atoms with van der Waals surface area (Å²) in [4.78, 5) is 17.8. The Morgan fingerprint density at radius 2 is 1.85 bits per heavy atom. The molecule has 132 valence electrons. The molecule has 2 aromatic carbocycles. The van der Waals surface area contributed by atoms with Crippen LogP contribution in [0.25, 0.3) is 10.4 Å². The zero-order chi connectivity index (χ0) is 18.1. The van der Waals surface area contributed by atoms with Gasteiger partial charge in [0.1, 0.15) is 6.10 Å². The van der Waals surface area contributed by atoms with Gasteiger partial charge >= 0.3 is 0 Å². The number of carbonyl (C=O) groups is 1. The van der Waals surface area contributed by atoms with Gasteiger partial charge in [-0.25, -0.2) is 0 Å². The molecule has 0 bridgehead atoms. The van der Waals surface area contributed by atoms with Crippen molar-refractivity contribution in [1.82, 2.24) is 4.90 Å². The summed E-state index contributed by atoms with van der Waals surface area (Å²) in [7, 11) is 0. The fraction of sp³-hybridized carbons (Fsp3) is 0.350. The van der Waals surface area contributed by atoms with Crippen molar-refractivity contribution in [2.75, 3.05) is 0 Å². The highest BCUT2D eigenvalue weighted by Crippen LogP contribution is 2.60. The first-order valence-electron chi connectivity index (χ1n) is 8.84. The predicted molar refractivity (Wildman–Crippen MR) is 97.0 cm³/mol. The SMILES string of the molecule is CC[C@H](N=[N+]=[N-])[C@@H]1O[C@@]12C(=O)N(Cc1ccccc1)[C@H]2c1ccccc1. The Morgan fingerprint density at radius 1 is 1.19 bits per heavy atom. The van der Waals surface area contributed by atoms with E-state index < -0.39 is 5.60 Å². The lowest BCUT2D eigenvalue weighted by atomic mass is 9.77. The van der Waals surface area contributed by atoms with Crippen LogP contribution in [0.1, 0.15) is 30.5 Å². The smallest absolute Gasteiger partial charge is 0.261 e. The second-order valence-corrected chi connectivity index (χ2v) is 6.74. The Morgan fingerprint density at radius 3 is 2.46 bits per heavy atom. The van der Waals surface area contributed by atoms with Crippen LogP contribution in [0, 0.1) is 0 Å². The van der Waals surface area contributed by atoms with Gasteiger partial charge in [0.2, 0.25) is 0 Å².